The van der Waals surface area contributed by atoms with Crippen LogP contribution < -0.4 is 4.74 Å². The average molecular weight is 398 g/mol. The van der Waals surface area contributed by atoms with Crippen LogP contribution in [0.25, 0.3) is 0 Å². The second-order valence-corrected chi connectivity index (χ2v) is 7.50. The molecule has 3 rings (SSSR count). The fourth-order valence-corrected chi connectivity index (χ4v) is 3.44. The van der Waals surface area contributed by atoms with E-state index in [1.165, 1.54) is 6.07 Å². The van der Waals surface area contributed by atoms with Gasteiger partial charge in [0.25, 0.3) is 5.91 Å². The average Bonchev–Trinajstić information content (AvgIpc) is 2.74. The number of hydrogen-bond donors (Lipinski definition) is 0. The molecule has 0 aliphatic carbocycles. The molecule has 1 saturated heterocycles. The van der Waals surface area contributed by atoms with Gasteiger partial charge in [-0.25, -0.2) is 4.39 Å². The molecule has 154 valence electrons. The summed E-state index contributed by atoms with van der Waals surface area (Å²) >= 11 is 0. The van der Waals surface area contributed by atoms with E-state index in [-0.39, 0.29) is 30.2 Å². The number of nitrogens with zero attached hydrogens (tertiary/aromatic N) is 2. The third-order valence-electron chi connectivity index (χ3n) is 5.23. The number of benzene rings is 2. The Kier molecular flexibility index (Phi) is 6.86. The van der Waals surface area contributed by atoms with Crippen LogP contribution in [0.1, 0.15) is 18.1 Å². The number of halogens is 1. The van der Waals surface area contributed by atoms with Crippen molar-refractivity contribution in [3.05, 3.63) is 65.5 Å². The van der Waals surface area contributed by atoms with E-state index in [4.69, 9.17) is 4.74 Å². The molecular formula is C23H27FN2O3. The van der Waals surface area contributed by atoms with Gasteiger partial charge in [0.2, 0.25) is 5.91 Å². The number of piperazine rings is 1. The van der Waals surface area contributed by atoms with Crippen LogP contribution in [0, 0.1) is 18.7 Å². The van der Waals surface area contributed by atoms with Crippen molar-refractivity contribution < 1.29 is 18.7 Å². The highest BCUT2D eigenvalue weighted by Gasteiger charge is 2.27. The lowest BCUT2D eigenvalue weighted by Crippen LogP contribution is -2.52. The Morgan fingerprint density at radius 1 is 1.00 bits per heavy atom. The summed E-state index contributed by atoms with van der Waals surface area (Å²) < 4.78 is 19.4. The maximum atomic E-state index is 13.8. The highest BCUT2D eigenvalue weighted by atomic mass is 19.1. The Morgan fingerprint density at radius 2 is 1.62 bits per heavy atom. The molecule has 0 bridgehead atoms. The van der Waals surface area contributed by atoms with Gasteiger partial charge >= 0.3 is 0 Å². The van der Waals surface area contributed by atoms with E-state index < -0.39 is 0 Å². The van der Waals surface area contributed by atoms with Gasteiger partial charge in [-0.1, -0.05) is 42.8 Å². The molecule has 1 atom stereocenters. The third kappa shape index (κ3) is 5.56. The van der Waals surface area contributed by atoms with Gasteiger partial charge < -0.3 is 14.5 Å². The number of carbonyl (C=O) groups excluding carboxylic acids is 2. The minimum atomic E-state index is -0.306. The van der Waals surface area contributed by atoms with Gasteiger partial charge in [0, 0.05) is 32.1 Å². The van der Waals surface area contributed by atoms with E-state index in [1.54, 1.807) is 28.0 Å². The molecule has 2 aromatic carbocycles. The molecule has 1 unspecified atom stereocenters. The van der Waals surface area contributed by atoms with Crippen molar-refractivity contribution in [1.82, 2.24) is 9.80 Å². The van der Waals surface area contributed by atoms with Crippen LogP contribution in [0.4, 0.5) is 4.39 Å². The number of carbonyl (C=O) groups is 2. The molecule has 29 heavy (non-hydrogen) atoms. The molecule has 0 aromatic heterocycles. The molecule has 0 N–H and O–H groups in total. The summed E-state index contributed by atoms with van der Waals surface area (Å²) in [7, 11) is 0. The predicted molar refractivity (Wildman–Crippen MR) is 109 cm³/mol. The summed E-state index contributed by atoms with van der Waals surface area (Å²) in [6.45, 7) is 5.73. The first-order valence-electron chi connectivity index (χ1n) is 9.93. The summed E-state index contributed by atoms with van der Waals surface area (Å²) in [6, 6.07) is 14.1. The first-order chi connectivity index (χ1) is 13.9. The summed E-state index contributed by atoms with van der Waals surface area (Å²) in [5, 5.41) is 0. The van der Waals surface area contributed by atoms with E-state index >= 15 is 0 Å². The van der Waals surface area contributed by atoms with Gasteiger partial charge in [-0.3, -0.25) is 9.59 Å². The Hall–Kier alpha value is -2.89. The molecule has 0 radical (unpaired) electrons. The second kappa shape index (κ2) is 9.54. The quantitative estimate of drug-likeness (QED) is 0.752. The lowest BCUT2D eigenvalue weighted by Gasteiger charge is -2.36. The molecule has 2 aromatic rings. The van der Waals surface area contributed by atoms with Crippen LogP contribution in [0.15, 0.2) is 48.5 Å². The molecule has 1 aliphatic rings. The summed E-state index contributed by atoms with van der Waals surface area (Å²) in [5.74, 6) is -0.0109. The van der Waals surface area contributed by atoms with Crippen LogP contribution in [0.5, 0.6) is 5.75 Å². The monoisotopic (exact) mass is 398 g/mol. The number of aryl methyl sites for hydroxylation is 1. The van der Waals surface area contributed by atoms with Crippen molar-refractivity contribution in [2.45, 2.75) is 20.3 Å². The van der Waals surface area contributed by atoms with Crippen molar-refractivity contribution in [1.29, 1.82) is 0 Å². The van der Waals surface area contributed by atoms with Crippen molar-refractivity contribution in [3.63, 3.8) is 0 Å². The SMILES string of the molecule is Cc1ccc(OCC(=O)N2CCN(C(=O)C(C)Cc3ccccc3F)CC2)cc1. The molecule has 2 amide bonds. The zero-order valence-electron chi connectivity index (χ0n) is 16.9. The van der Waals surface area contributed by atoms with Gasteiger partial charge in [-0.2, -0.15) is 0 Å². The zero-order chi connectivity index (χ0) is 20.8. The molecule has 0 spiro atoms. The Morgan fingerprint density at radius 3 is 2.28 bits per heavy atom. The summed E-state index contributed by atoms with van der Waals surface area (Å²) in [5.41, 5.74) is 1.68. The number of ether oxygens (including phenoxy) is 1. The maximum Gasteiger partial charge on any atom is 0.260 e. The summed E-state index contributed by atoms with van der Waals surface area (Å²) in [6.07, 6.45) is 0.370. The highest BCUT2D eigenvalue weighted by molar-refractivity contribution is 5.80. The third-order valence-corrected chi connectivity index (χ3v) is 5.23. The van der Waals surface area contributed by atoms with Crippen molar-refractivity contribution in [2.24, 2.45) is 5.92 Å². The highest BCUT2D eigenvalue weighted by Crippen LogP contribution is 2.16. The first-order valence-corrected chi connectivity index (χ1v) is 9.93. The normalized spacial score (nSPS) is 15.1. The molecule has 1 heterocycles. The van der Waals surface area contributed by atoms with Gasteiger partial charge in [0.15, 0.2) is 6.61 Å². The Bertz CT molecular complexity index is 845. The fraction of sp³-hybridized carbons (Fsp3) is 0.391. The van der Waals surface area contributed by atoms with Crippen LogP contribution in [0.3, 0.4) is 0 Å². The van der Waals surface area contributed by atoms with E-state index in [0.717, 1.165) is 5.56 Å². The predicted octanol–water partition coefficient (Wildman–Crippen LogP) is 3.06. The fourth-order valence-electron chi connectivity index (χ4n) is 3.44. The molecular weight excluding hydrogens is 371 g/mol. The lowest BCUT2D eigenvalue weighted by molar-refractivity contribution is -0.142. The second-order valence-electron chi connectivity index (χ2n) is 7.50. The van der Waals surface area contributed by atoms with Crippen LogP contribution in [0.2, 0.25) is 0 Å². The molecule has 0 saturated carbocycles. The van der Waals surface area contributed by atoms with E-state index in [9.17, 15) is 14.0 Å². The van der Waals surface area contributed by atoms with Crippen LogP contribution in [-0.4, -0.2) is 54.4 Å². The Labute approximate surface area is 171 Å². The molecule has 1 aliphatic heterocycles. The standard InChI is InChI=1S/C23H27FN2O3/c1-17-7-9-20(10-8-17)29-16-22(27)25-11-13-26(14-12-25)23(28)18(2)15-19-5-3-4-6-21(19)24/h3-10,18H,11-16H2,1-2H3. The topological polar surface area (TPSA) is 49.9 Å². The zero-order valence-corrected chi connectivity index (χ0v) is 16.9. The van der Waals surface area contributed by atoms with Gasteiger partial charge in [0.1, 0.15) is 11.6 Å². The van der Waals surface area contributed by atoms with Crippen LogP contribution >= 0.6 is 0 Å². The van der Waals surface area contributed by atoms with Gasteiger partial charge in [-0.15, -0.1) is 0 Å². The van der Waals surface area contributed by atoms with Crippen LogP contribution in [-0.2, 0) is 16.0 Å². The summed E-state index contributed by atoms with van der Waals surface area (Å²) in [4.78, 5) is 28.6. The number of hydrogen-bond acceptors (Lipinski definition) is 3. The largest absolute Gasteiger partial charge is 0.484 e. The van der Waals surface area contributed by atoms with Crippen molar-refractivity contribution >= 4 is 11.8 Å². The molecule has 5 nitrogen and oxygen atoms in total. The minimum absolute atomic E-state index is 0.00347. The smallest absolute Gasteiger partial charge is 0.260 e. The van der Waals surface area contributed by atoms with E-state index in [1.807, 2.05) is 38.1 Å². The van der Waals surface area contributed by atoms with Gasteiger partial charge in [0.05, 0.1) is 0 Å². The Balaban J connectivity index is 1.45. The number of rotatable bonds is 6. The van der Waals surface area contributed by atoms with Crippen molar-refractivity contribution in [3.8, 4) is 5.75 Å². The lowest BCUT2D eigenvalue weighted by atomic mass is 9.99. The minimum Gasteiger partial charge on any atom is -0.484 e. The van der Waals surface area contributed by atoms with E-state index in [2.05, 4.69) is 0 Å². The number of amides is 2. The van der Waals surface area contributed by atoms with Crippen molar-refractivity contribution in [2.75, 3.05) is 32.8 Å². The van der Waals surface area contributed by atoms with Gasteiger partial charge in [-0.05, 0) is 37.1 Å². The molecule has 6 heteroatoms. The van der Waals surface area contributed by atoms with E-state index in [0.29, 0.717) is 43.9 Å². The molecule has 1 fully saturated rings. The maximum absolute atomic E-state index is 13.8. The first kappa shape index (κ1) is 20.8.